The fourth-order valence-corrected chi connectivity index (χ4v) is 1.92. The van der Waals surface area contributed by atoms with Crippen LogP contribution in [0.25, 0.3) is 11.0 Å². The molecule has 2 aromatic carbocycles. The van der Waals surface area contributed by atoms with Gasteiger partial charge in [0, 0.05) is 16.6 Å². The lowest BCUT2D eigenvalue weighted by Crippen LogP contribution is -1.99. The van der Waals surface area contributed by atoms with Crippen LogP contribution in [-0.2, 0) is 0 Å². The summed E-state index contributed by atoms with van der Waals surface area (Å²) < 4.78 is 18.8. The van der Waals surface area contributed by atoms with Crippen molar-refractivity contribution in [1.29, 1.82) is 0 Å². The molecule has 0 atom stereocenters. The molecule has 2 N–H and O–H groups in total. The quantitative estimate of drug-likeness (QED) is 0.564. The van der Waals surface area contributed by atoms with Gasteiger partial charge in [-0.3, -0.25) is 4.79 Å². The maximum atomic E-state index is 13.5. The third-order valence-corrected chi connectivity index (χ3v) is 2.89. The van der Waals surface area contributed by atoms with E-state index in [4.69, 9.17) is 10.2 Å². The highest BCUT2D eigenvalue weighted by atomic mass is 19.1. The van der Waals surface area contributed by atoms with Gasteiger partial charge in [-0.05, 0) is 36.4 Å². The average Bonchev–Trinajstić information content (AvgIpc) is 2.84. The van der Waals surface area contributed by atoms with Gasteiger partial charge in [0.25, 0.3) is 0 Å². The first-order valence-electron chi connectivity index (χ1n) is 5.73. The van der Waals surface area contributed by atoms with Crippen molar-refractivity contribution in [3.05, 3.63) is 65.7 Å². The molecule has 0 bridgehead atoms. The van der Waals surface area contributed by atoms with Gasteiger partial charge >= 0.3 is 0 Å². The molecular formula is C15H10FNO2. The number of benzene rings is 2. The van der Waals surface area contributed by atoms with E-state index in [1.54, 1.807) is 36.4 Å². The van der Waals surface area contributed by atoms with E-state index in [0.717, 1.165) is 0 Å². The molecule has 0 aliphatic carbocycles. The molecule has 0 spiro atoms. The fraction of sp³-hybridized carbons (Fsp3) is 0. The molecule has 0 saturated carbocycles. The lowest BCUT2D eigenvalue weighted by Gasteiger charge is -1.98. The largest absolute Gasteiger partial charge is 0.449 e. The van der Waals surface area contributed by atoms with Gasteiger partial charge in [0.05, 0.1) is 0 Å². The molecule has 1 heterocycles. The van der Waals surface area contributed by atoms with Crippen LogP contribution < -0.4 is 5.73 Å². The van der Waals surface area contributed by atoms with Crippen molar-refractivity contribution in [2.24, 2.45) is 0 Å². The monoisotopic (exact) mass is 255 g/mol. The number of nitrogens with two attached hydrogens (primary N) is 1. The van der Waals surface area contributed by atoms with E-state index in [1.807, 2.05) is 0 Å². The number of carbonyl (C=O) groups is 1. The summed E-state index contributed by atoms with van der Waals surface area (Å²) in [7, 11) is 0. The molecule has 3 rings (SSSR count). The number of hydrogen-bond acceptors (Lipinski definition) is 3. The first-order valence-corrected chi connectivity index (χ1v) is 5.73. The molecule has 3 nitrogen and oxygen atoms in total. The Morgan fingerprint density at radius 1 is 1.11 bits per heavy atom. The molecule has 3 aromatic rings. The number of furan rings is 1. The Kier molecular flexibility index (Phi) is 2.56. The summed E-state index contributed by atoms with van der Waals surface area (Å²) in [6, 6.07) is 12.6. The Hall–Kier alpha value is -2.62. The molecule has 0 unspecified atom stereocenters. The highest BCUT2D eigenvalue weighted by Crippen LogP contribution is 2.24. The number of nitrogen functional groups attached to an aromatic ring is 1. The number of carbonyl (C=O) groups excluding carboxylic acids is 1. The van der Waals surface area contributed by atoms with Gasteiger partial charge in [-0.15, -0.1) is 0 Å². The second kappa shape index (κ2) is 4.24. The average molecular weight is 255 g/mol. The summed E-state index contributed by atoms with van der Waals surface area (Å²) in [4.78, 5) is 12.2. The molecule has 0 radical (unpaired) electrons. The van der Waals surface area contributed by atoms with E-state index in [1.165, 1.54) is 12.1 Å². The number of ketones is 1. The van der Waals surface area contributed by atoms with Crippen molar-refractivity contribution in [2.45, 2.75) is 0 Å². The van der Waals surface area contributed by atoms with Gasteiger partial charge in [0.1, 0.15) is 0 Å². The molecule has 0 amide bonds. The second-order valence-corrected chi connectivity index (χ2v) is 4.22. The summed E-state index contributed by atoms with van der Waals surface area (Å²) in [5, 5.41) is 0.568. The molecule has 19 heavy (non-hydrogen) atoms. The Bertz CT molecular complexity index is 759. The topological polar surface area (TPSA) is 56.2 Å². The Labute approximate surface area is 108 Å². The van der Waals surface area contributed by atoms with Crippen LogP contribution in [-0.4, -0.2) is 5.78 Å². The van der Waals surface area contributed by atoms with Crippen LogP contribution in [0.15, 0.2) is 52.9 Å². The summed E-state index contributed by atoms with van der Waals surface area (Å²) in [5.74, 6) is -0.658. The van der Waals surface area contributed by atoms with Gasteiger partial charge in [0.2, 0.25) is 5.78 Å². The minimum absolute atomic E-state index is 0.0984. The van der Waals surface area contributed by atoms with Crippen molar-refractivity contribution in [1.82, 2.24) is 0 Å². The molecular weight excluding hydrogens is 245 g/mol. The standard InChI is InChI=1S/C15H10FNO2/c16-12-3-1-2-10-8-13(19-15(10)12)14(18)9-4-6-11(17)7-5-9/h1-8H,17H2. The molecule has 0 saturated heterocycles. The van der Waals surface area contributed by atoms with Gasteiger partial charge in [-0.2, -0.15) is 0 Å². The molecule has 94 valence electrons. The first kappa shape index (κ1) is 11.5. The predicted molar refractivity (Wildman–Crippen MR) is 70.5 cm³/mol. The smallest absolute Gasteiger partial charge is 0.228 e. The second-order valence-electron chi connectivity index (χ2n) is 4.22. The summed E-state index contributed by atoms with van der Waals surface area (Å²) >= 11 is 0. The predicted octanol–water partition coefficient (Wildman–Crippen LogP) is 3.39. The van der Waals surface area contributed by atoms with Crippen molar-refractivity contribution in [2.75, 3.05) is 5.73 Å². The number of rotatable bonds is 2. The summed E-state index contributed by atoms with van der Waals surface area (Å²) in [5.41, 5.74) is 6.69. The van der Waals surface area contributed by atoms with Crippen LogP contribution in [0, 0.1) is 5.82 Å². The number of para-hydroxylation sites is 1. The van der Waals surface area contributed by atoms with Crippen molar-refractivity contribution in [3.8, 4) is 0 Å². The van der Waals surface area contributed by atoms with Gasteiger partial charge in [-0.1, -0.05) is 12.1 Å². The van der Waals surface area contributed by atoms with Crippen LogP contribution in [0.3, 0.4) is 0 Å². The van der Waals surface area contributed by atoms with E-state index in [9.17, 15) is 9.18 Å². The zero-order valence-corrected chi connectivity index (χ0v) is 9.89. The Morgan fingerprint density at radius 3 is 2.53 bits per heavy atom. The number of halogens is 1. The van der Waals surface area contributed by atoms with Gasteiger partial charge in [-0.25, -0.2) is 4.39 Å². The highest BCUT2D eigenvalue weighted by Gasteiger charge is 2.16. The van der Waals surface area contributed by atoms with Gasteiger partial charge < -0.3 is 10.2 Å². The van der Waals surface area contributed by atoms with Crippen LogP contribution >= 0.6 is 0 Å². The number of anilines is 1. The number of fused-ring (bicyclic) bond motifs is 1. The lowest BCUT2D eigenvalue weighted by atomic mass is 10.1. The molecule has 0 aliphatic rings. The van der Waals surface area contributed by atoms with E-state index < -0.39 is 5.82 Å². The third-order valence-electron chi connectivity index (χ3n) is 2.89. The van der Waals surface area contributed by atoms with Crippen molar-refractivity contribution < 1.29 is 13.6 Å². The van der Waals surface area contributed by atoms with E-state index in [2.05, 4.69) is 0 Å². The molecule has 0 aliphatic heterocycles. The fourth-order valence-electron chi connectivity index (χ4n) is 1.92. The third kappa shape index (κ3) is 1.97. The van der Waals surface area contributed by atoms with E-state index in [0.29, 0.717) is 16.6 Å². The van der Waals surface area contributed by atoms with E-state index >= 15 is 0 Å². The van der Waals surface area contributed by atoms with Gasteiger partial charge in [0.15, 0.2) is 17.2 Å². The molecule has 0 fully saturated rings. The van der Waals surface area contributed by atoms with Crippen molar-refractivity contribution >= 4 is 22.4 Å². The maximum Gasteiger partial charge on any atom is 0.228 e. The molecule has 1 aromatic heterocycles. The number of hydrogen-bond donors (Lipinski definition) is 1. The van der Waals surface area contributed by atoms with Crippen LogP contribution in [0.5, 0.6) is 0 Å². The maximum absolute atomic E-state index is 13.5. The zero-order chi connectivity index (χ0) is 13.4. The summed E-state index contributed by atoms with van der Waals surface area (Å²) in [6.07, 6.45) is 0. The Morgan fingerprint density at radius 2 is 1.84 bits per heavy atom. The SMILES string of the molecule is Nc1ccc(C(=O)c2cc3cccc(F)c3o2)cc1. The normalized spacial score (nSPS) is 10.8. The lowest BCUT2D eigenvalue weighted by molar-refractivity contribution is 0.101. The molecule has 4 heteroatoms. The van der Waals surface area contributed by atoms with Crippen LogP contribution in [0.4, 0.5) is 10.1 Å². The minimum atomic E-state index is -0.478. The minimum Gasteiger partial charge on any atom is -0.449 e. The van der Waals surface area contributed by atoms with E-state index in [-0.39, 0.29) is 17.1 Å². The highest BCUT2D eigenvalue weighted by molar-refractivity contribution is 6.09. The van der Waals surface area contributed by atoms with Crippen LogP contribution in [0.1, 0.15) is 16.1 Å². The van der Waals surface area contributed by atoms with Crippen LogP contribution in [0.2, 0.25) is 0 Å². The summed E-state index contributed by atoms with van der Waals surface area (Å²) in [6.45, 7) is 0. The zero-order valence-electron chi connectivity index (χ0n) is 9.89. The van der Waals surface area contributed by atoms with Crippen molar-refractivity contribution in [3.63, 3.8) is 0 Å². The first-order chi connectivity index (χ1) is 9.15. The Balaban J connectivity index is 2.06.